The number of hydrogen-bond acceptors (Lipinski definition) is 5. The smallest absolute Gasteiger partial charge is 0.251 e. The Balaban J connectivity index is 2.26. The van der Waals surface area contributed by atoms with E-state index in [0.717, 1.165) is 0 Å². The zero-order valence-electron chi connectivity index (χ0n) is 14.2. The van der Waals surface area contributed by atoms with Crippen molar-refractivity contribution in [2.45, 2.75) is 38.8 Å². The Morgan fingerprint density at radius 3 is 2.54 bits per heavy atom. The van der Waals surface area contributed by atoms with Crippen LogP contribution in [0.4, 0.5) is 0 Å². The van der Waals surface area contributed by atoms with Crippen LogP contribution in [-0.4, -0.2) is 44.6 Å². The second kappa shape index (κ2) is 6.80. The normalized spacial score (nSPS) is 22.4. The lowest BCUT2D eigenvalue weighted by Crippen LogP contribution is -2.46. The van der Waals surface area contributed by atoms with Crippen molar-refractivity contribution in [2.24, 2.45) is 0 Å². The van der Waals surface area contributed by atoms with Crippen LogP contribution in [0, 0.1) is 0 Å². The van der Waals surface area contributed by atoms with E-state index < -0.39 is 21.3 Å². The van der Waals surface area contributed by atoms with Gasteiger partial charge in [-0.2, -0.15) is 0 Å². The Labute approximate surface area is 147 Å². The van der Waals surface area contributed by atoms with Crippen LogP contribution in [-0.2, 0) is 9.84 Å². The summed E-state index contributed by atoms with van der Waals surface area (Å²) in [4.78, 5) is 12.5. The van der Waals surface area contributed by atoms with Crippen molar-refractivity contribution in [1.82, 2.24) is 5.32 Å². The van der Waals surface area contributed by atoms with E-state index in [9.17, 15) is 13.2 Å². The Morgan fingerprint density at radius 1 is 1.38 bits per heavy atom. The Kier molecular flexibility index (Phi) is 5.34. The highest BCUT2D eigenvalue weighted by Gasteiger charge is 2.39. The maximum atomic E-state index is 12.5. The molecule has 1 aliphatic heterocycles. The number of rotatable bonds is 5. The molecule has 0 aromatic heterocycles. The van der Waals surface area contributed by atoms with Crippen molar-refractivity contribution in [1.29, 1.82) is 0 Å². The molecule has 1 heterocycles. The topological polar surface area (TPSA) is 81.7 Å². The first kappa shape index (κ1) is 18.9. The van der Waals surface area contributed by atoms with E-state index >= 15 is 0 Å². The van der Waals surface area contributed by atoms with E-state index in [1.165, 1.54) is 19.2 Å². The molecule has 1 unspecified atom stereocenters. The molecular weight excluding hydrogens is 354 g/mol. The van der Waals surface area contributed by atoms with Crippen molar-refractivity contribution >= 4 is 27.3 Å². The first-order chi connectivity index (χ1) is 11.1. The number of methoxy groups -OCH3 is 1. The van der Waals surface area contributed by atoms with Crippen LogP contribution in [0.5, 0.6) is 11.5 Å². The van der Waals surface area contributed by atoms with Gasteiger partial charge in [0.2, 0.25) is 0 Å². The van der Waals surface area contributed by atoms with Crippen LogP contribution in [0.25, 0.3) is 0 Å². The average Bonchev–Trinajstić information content (AvgIpc) is 2.73. The molecule has 1 N–H and O–H groups in total. The van der Waals surface area contributed by atoms with E-state index in [1.54, 1.807) is 6.92 Å². The van der Waals surface area contributed by atoms with E-state index in [2.05, 4.69) is 5.32 Å². The first-order valence-corrected chi connectivity index (χ1v) is 9.82. The summed E-state index contributed by atoms with van der Waals surface area (Å²) in [5.74, 6) is 0.344. The fraction of sp³-hybridized carbons (Fsp3) is 0.562. The molecule has 0 saturated carbocycles. The van der Waals surface area contributed by atoms with Gasteiger partial charge < -0.3 is 14.8 Å². The second-order valence-electron chi connectivity index (χ2n) is 6.51. The molecule has 0 aliphatic carbocycles. The van der Waals surface area contributed by atoms with Gasteiger partial charge in [0.1, 0.15) is 0 Å². The molecule has 24 heavy (non-hydrogen) atoms. The monoisotopic (exact) mass is 375 g/mol. The SMILES string of the molecule is COc1cc(C(=O)NC2(C)CCS(=O)(=O)C2)cc(Cl)c1OC(C)C. The Bertz CT molecular complexity index is 747. The number of sulfone groups is 1. The molecule has 1 aromatic carbocycles. The first-order valence-electron chi connectivity index (χ1n) is 7.62. The lowest BCUT2D eigenvalue weighted by atomic mass is 10.0. The number of carbonyl (C=O) groups excluding carboxylic acids is 1. The number of carbonyl (C=O) groups is 1. The number of nitrogens with one attached hydrogen (secondary N) is 1. The molecule has 134 valence electrons. The maximum absolute atomic E-state index is 12.5. The largest absolute Gasteiger partial charge is 0.493 e. The molecule has 1 aromatic rings. The fourth-order valence-corrected chi connectivity index (χ4v) is 5.00. The lowest BCUT2D eigenvalue weighted by molar-refractivity contribution is 0.0915. The standard InChI is InChI=1S/C16H22ClNO5S/c1-10(2)23-14-12(17)7-11(8-13(14)22-4)15(19)18-16(3)5-6-24(20,21)9-16/h7-8,10H,5-6,9H2,1-4H3,(H,18,19). The third-order valence-corrected chi connectivity index (χ3v) is 5.95. The molecular formula is C16H22ClNO5S. The van der Waals surface area contributed by atoms with Gasteiger partial charge in [-0.3, -0.25) is 4.79 Å². The van der Waals surface area contributed by atoms with Crippen LogP contribution in [0.3, 0.4) is 0 Å². The van der Waals surface area contributed by atoms with Crippen molar-refractivity contribution in [3.63, 3.8) is 0 Å². The molecule has 1 fully saturated rings. The molecule has 1 aliphatic rings. The molecule has 1 atom stereocenters. The minimum Gasteiger partial charge on any atom is -0.493 e. The van der Waals surface area contributed by atoms with Gasteiger partial charge in [0.05, 0.1) is 35.3 Å². The average molecular weight is 376 g/mol. The zero-order valence-corrected chi connectivity index (χ0v) is 15.8. The summed E-state index contributed by atoms with van der Waals surface area (Å²) in [5.41, 5.74) is -0.485. The maximum Gasteiger partial charge on any atom is 0.251 e. The van der Waals surface area contributed by atoms with Crippen LogP contribution >= 0.6 is 11.6 Å². The highest BCUT2D eigenvalue weighted by atomic mass is 35.5. The number of benzene rings is 1. The van der Waals surface area contributed by atoms with Crippen molar-refractivity contribution < 1.29 is 22.7 Å². The van der Waals surface area contributed by atoms with E-state index in [0.29, 0.717) is 23.5 Å². The number of hydrogen-bond donors (Lipinski definition) is 1. The van der Waals surface area contributed by atoms with Gasteiger partial charge >= 0.3 is 0 Å². The van der Waals surface area contributed by atoms with E-state index in [1.807, 2.05) is 13.8 Å². The molecule has 1 amide bonds. The lowest BCUT2D eigenvalue weighted by Gasteiger charge is -2.24. The Morgan fingerprint density at radius 2 is 2.04 bits per heavy atom. The van der Waals surface area contributed by atoms with Crippen molar-refractivity contribution in [3.05, 3.63) is 22.7 Å². The molecule has 1 saturated heterocycles. The molecule has 8 heteroatoms. The number of halogens is 1. The highest BCUT2D eigenvalue weighted by molar-refractivity contribution is 7.91. The summed E-state index contributed by atoms with van der Waals surface area (Å²) in [6.45, 7) is 5.44. The molecule has 0 radical (unpaired) electrons. The third kappa shape index (κ3) is 4.33. The summed E-state index contributed by atoms with van der Waals surface area (Å²) < 4.78 is 34.2. The van der Waals surface area contributed by atoms with Gasteiger partial charge in [0, 0.05) is 5.56 Å². The predicted molar refractivity (Wildman–Crippen MR) is 92.9 cm³/mol. The van der Waals surface area contributed by atoms with Gasteiger partial charge in [-0.1, -0.05) is 11.6 Å². The molecule has 2 rings (SSSR count). The van der Waals surface area contributed by atoms with Crippen LogP contribution in [0.2, 0.25) is 5.02 Å². The summed E-state index contributed by atoms with van der Waals surface area (Å²) in [7, 11) is -1.64. The molecule has 0 bridgehead atoms. The van der Waals surface area contributed by atoms with Crippen LogP contribution in [0.1, 0.15) is 37.6 Å². The predicted octanol–water partition coefficient (Wildman–Crippen LogP) is 2.44. The third-order valence-electron chi connectivity index (χ3n) is 3.76. The minimum atomic E-state index is -3.11. The van der Waals surface area contributed by atoms with Gasteiger partial charge in [0.25, 0.3) is 5.91 Å². The van der Waals surface area contributed by atoms with Gasteiger partial charge in [0.15, 0.2) is 21.3 Å². The zero-order chi connectivity index (χ0) is 18.1. The fourth-order valence-electron chi connectivity index (χ4n) is 2.66. The summed E-state index contributed by atoms with van der Waals surface area (Å²) >= 11 is 6.22. The van der Waals surface area contributed by atoms with Crippen molar-refractivity contribution in [3.8, 4) is 11.5 Å². The quantitative estimate of drug-likeness (QED) is 0.854. The second-order valence-corrected chi connectivity index (χ2v) is 9.10. The molecule has 6 nitrogen and oxygen atoms in total. The highest BCUT2D eigenvalue weighted by Crippen LogP contribution is 2.37. The number of ether oxygens (including phenoxy) is 2. The summed E-state index contributed by atoms with van der Waals surface area (Å²) in [6.07, 6.45) is 0.291. The van der Waals surface area contributed by atoms with Gasteiger partial charge in [-0.05, 0) is 39.3 Å². The minimum absolute atomic E-state index is 0.0643. The van der Waals surface area contributed by atoms with Crippen molar-refractivity contribution in [2.75, 3.05) is 18.6 Å². The van der Waals surface area contributed by atoms with Crippen LogP contribution < -0.4 is 14.8 Å². The van der Waals surface area contributed by atoms with Crippen LogP contribution in [0.15, 0.2) is 12.1 Å². The van der Waals surface area contributed by atoms with Gasteiger partial charge in [-0.25, -0.2) is 8.42 Å². The summed E-state index contributed by atoms with van der Waals surface area (Å²) in [6, 6.07) is 3.02. The number of amides is 1. The Hall–Kier alpha value is -1.47. The molecule has 0 spiro atoms. The van der Waals surface area contributed by atoms with E-state index in [4.69, 9.17) is 21.1 Å². The summed E-state index contributed by atoms with van der Waals surface area (Å²) in [5, 5.41) is 3.05. The van der Waals surface area contributed by atoms with E-state index in [-0.39, 0.29) is 22.6 Å². The van der Waals surface area contributed by atoms with Gasteiger partial charge in [-0.15, -0.1) is 0 Å².